The summed E-state index contributed by atoms with van der Waals surface area (Å²) in [5.41, 5.74) is 3.79. The van der Waals surface area contributed by atoms with Crippen LogP contribution in [-0.2, 0) is 11.3 Å². The van der Waals surface area contributed by atoms with Crippen LogP contribution in [0.25, 0.3) is 0 Å². The SMILES string of the molecule is COCCN(Cc1ccc(C(=O)NN)cc1Br)C(C)C. The quantitative estimate of drug-likeness (QED) is 0.450. The van der Waals surface area contributed by atoms with Crippen LogP contribution in [0.5, 0.6) is 0 Å². The highest BCUT2D eigenvalue weighted by Crippen LogP contribution is 2.21. The zero-order valence-corrected chi connectivity index (χ0v) is 13.7. The molecule has 0 bridgehead atoms. The number of methoxy groups -OCH3 is 1. The minimum absolute atomic E-state index is 0.294. The van der Waals surface area contributed by atoms with Crippen LogP contribution in [0.15, 0.2) is 22.7 Å². The molecule has 0 unspecified atom stereocenters. The third kappa shape index (κ3) is 4.86. The van der Waals surface area contributed by atoms with Crippen LogP contribution >= 0.6 is 15.9 Å². The summed E-state index contributed by atoms with van der Waals surface area (Å²) in [7, 11) is 1.70. The first-order valence-corrected chi connectivity index (χ1v) is 7.31. The smallest absolute Gasteiger partial charge is 0.265 e. The van der Waals surface area contributed by atoms with Crippen molar-refractivity contribution >= 4 is 21.8 Å². The Hall–Kier alpha value is -0.950. The Morgan fingerprint density at radius 3 is 2.70 bits per heavy atom. The summed E-state index contributed by atoms with van der Waals surface area (Å²) in [6.45, 7) is 6.67. The van der Waals surface area contributed by atoms with Crippen LogP contribution in [0.1, 0.15) is 29.8 Å². The topological polar surface area (TPSA) is 67.6 Å². The predicted molar refractivity (Wildman–Crippen MR) is 83.2 cm³/mol. The largest absolute Gasteiger partial charge is 0.383 e. The molecule has 0 atom stereocenters. The maximum Gasteiger partial charge on any atom is 0.265 e. The van der Waals surface area contributed by atoms with Gasteiger partial charge in [0.2, 0.25) is 0 Å². The number of nitrogens with zero attached hydrogens (tertiary/aromatic N) is 1. The summed E-state index contributed by atoms with van der Waals surface area (Å²) in [6, 6.07) is 5.92. The number of nitrogens with one attached hydrogen (secondary N) is 1. The Morgan fingerprint density at radius 1 is 1.50 bits per heavy atom. The lowest BCUT2D eigenvalue weighted by molar-refractivity contribution is 0.0953. The molecule has 6 heteroatoms. The number of rotatable bonds is 7. The number of carbonyl (C=O) groups excluding carboxylic acids is 1. The van der Waals surface area contributed by atoms with Crippen molar-refractivity contribution in [3.05, 3.63) is 33.8 Å². The van der Waals surface area contributed by atoms with Gasteiger partial charge in [0.15, 0.2) is 0 Å². The van der Waals surface area contributed by atoms with Crippen LogP contribution < -0.4 is 11.3 Å². The molecule has 0 saturated heterocycles. The lowest BCUT2D eigenvalue weighted by atomic mass is 10.1. The molecule has 1 aromatic rings. The first-order valence-electron chi connectivity index (χ1n) is 6.52. The van der Waals surface area contributed by atoms with E-state index in [-0.39, 0.29) is 5.91 Å². The second-order valence-electron chi connectivity index (χ2n) is 4.84. The normalized spacial score (nSPS) is 11.2. The number of nitrogens with two attached hydrogens (primary N) is 1. The number of halogens is 1. The predicted octanol–water partition coefficient (Wildman–Crippen LogP) is 1.91. The maximum absolute atomic E-state index is 11.5. The highest BCUT2D eigenvalue weighted by atomic mass is 79.9. The molecule has 112 valence electrons. The number of hydrazine groups is 1. The number of benzene rings is 1. The Labute approximate surface area is 128 Å². The minimum atomic E-state index is -0.294. The lowest BCUT2D eigenvalue weighted by Gasteiger charge is -2.26. The summed E-state index contributed by atoms with van der Waals surface area (Å²) in [6.07, 6.45) is 0. The first kappa shape index (κ1) is 17.1. The van der Waals surface area contributed by atoms with Gasteiger partial charge in [-0.05, 0) is 31.5 Å². The summed E-state index contributed by atoms with van der Waals surface area (Å²) in [4.78, 5) is 13.8. The molecule has 20 heavy (non-hydrogen) atoms. The average Bonchev–Trinajstić information content (AvgIpc) is 2.43. The van der Waals surface area contributed by atoms with Gasteiger partial charge in [0.05, 0.1) is 6.61 Å². The molecule has 0 aliphatic rings. The molecule has 0 fully saturated rings. The summed E-state index contributed by atoms with van der Waals surface area (Å²) in [5.74, 6) is 4.84. The molecular formula is C14H22BrN3O2. The van der Waals surface area contributed by atoms with Crippen molar-refractivity contribution < 1.29 is 9.53 Å². The first-order chi connectivity index (χ1) is 9.49. The lowest BCUT2D eigenvalue weighted by Crippen LogP contribution is -2.33. The van der Waals surface area contributed by atoms with Crippen molar-refractivity contribution in [3.63, 3.8) is 0 Å². The molecule has 0 radical (unpaired) electrons. The van der Waals surface area contributed by atoms with Crippen molar-refractivity contribution in [2.75, 3.05) is 20.3 Å². The fourth-order valence-electron chi connectivity index (χ4n) is 1.85. The molecule has 1 amide bonds. The Bertz CT molecular complexity index is 452. The van der Waals surface area contributed by atoms with E-state index in [0.717, 1.165) is 23.1 Å². The molecule has 0 aliphatic carbocycles. The average molecular weight is 344 g/mol. The van der Waals surface area contributed by atoms with Crippen LogP contribution in [-0.4, -0.2) is 37.1 Å². The van der Waals surface area contributed by atoms with Gasteiger partial charge in [-0.2, -0.15) is 0 Å². The summed E-state index contributed by atoms with van der Waals surface area (Å²) < 4.78 is 6.04. The van der Waals surface area contributed by atoms with E-state index in [4.69, 9.17) is 10.6 Å². The standard InChI is InChI=1S/C14H22BrN3O2/c1-10(2)18(6-7-20-3)9-12-5-4-11(8-13(12)15)14(19)17-16/h4-5,8,10H,6-7,9,16H2,1-3H3,(H,17,19). The number of nitrogen functional groups attached to an aromatic ring is 1. The van der Waals surface area contributed by atoms with E-state index in [1.807, 2.05) is 6.07 Å². The molecule has 3 N–H and O–H groups in total. The van der Waals surface area contributed by atoms with Crippen LogP contribution in [0.2, 0.25) is 0 Å². The number of hydrogen-bond donors (Lipinski definition) is 2. The number of amides is 1. The Balaban J connectivity index is 2.82. The van der Waals surface area contributed by atoms with Gasteiger partial charge in [-0.15, -0.1) is 0 Å². The molecule has 0 aromatic heterocycles. The van der Waals surface area contributed by atoms with E-state index in [0.29, 0.717) is 18.2 Å². The number of hydrogen-bond acceptors (Lipinski definition) is 4. The van der Waals surface area contributed by atoms with Gasteiger partial charge in [-0.3, -0.25) is 15.1 Å². The van der Waals surface area contributed by atoms with Crippen molar-refractivity contribution in [3.8, 4) is 0 Å². The van der Waals surface area contributed by atoms with Crippen LogP contribution in [0.4, 0.5) is 0 Å². The highest BCUT2D eigenvalue weighted by molar-refractivity contribution is 9.10. The Morgan fingerprint density at radius 2 is 2.20 bits per heavy atom. The molecule has 0 heterocycles. The van der Waals surface area contributed by atoms with E-state index in [9.17, 15) is 4.79 Å². The van der Waals surface area contributed by atoms with Gasteiger partial charge < -0.3 is 4.74 Å². The van der Waals surface area contributed by atoms with Gasteiger partial charge in [0, 0.05) is 36.3 Å². The molecule has 5 nitrogen and oxygen atoms in total. The molecule has 1 rings (SSSR count). The highest BCUT2D eigenvalue weighted by Gasteiger charge is 2.13. The Kier molecular flexibility index (Phi) is 7.15. The van der Waals surface area contributed by atoms with Crippen molar-refractivity contribution in [2.45, 2.75) is 26.4 Å². The second kappa shape index (κ2) is 8.36. The number of carbonyl (C=O) groups is 1. The van der Waals surface area contributed by atoms with E-state index < -0.39 is 0 Å². The van der Waals surface area contributed by atoms with Gasteiger partial charge in [-0.25, -0.2) is 5.84 Å². The van der Waals surface area contributed by atoms with Crippen molar-refractivity contribution in [2.24, 2.45) is 5.84 Å². The van der Waals surface area contributed by atoms with Gasteiger partial charge in [0.1, 0.15) is 0 Å². The molecule has 0 saturated carbocycles. The number of ether oxygens (including phenoxy) is 1. The van der Waals surface area contributed by atoms with Crippen molar-refractivity contribution in [1.29, 1.82) is 0 Å². The van der Waals surface area contributed by atoms with Crippen LogP contribution in [0, 0.1) is 0 Å². The fourth-order valence-corrected chi connectivity index (χ4v) is 2.35. The van der Waals surface area contributed by atoms with Gasteiger partial charge in [0.25, 0.3) is 5.91 Å². The zero-order valence-electron chi connectivity index (χ0n) is 12.1. The minimum Gasteiger partial charge on any atom is -0.383 e. The third-order valence-electron chi connectivity index (χ3n) is 3.13. The maximum atomic E-state index is 11.5. The van der Waals surface area contributed by atoms with E-state index in [1.165, 1.54) is 0 Å². The monoisotopic (exact) mass is 343 g/mol. The fraction of sp³-hybridized carbons (Fsp3) is 0.500. The molecular weight excluding hydrogens is 322 g/mol. The third-order valence-corrected chi connectivity index (χ3v) is 3.87. The zero-order chi connectivity index (χ0) is 15.1. The summed E-state index contributed by atoms with van der Waals surface area (Å²) in [5, 5.41) is 0. The van der Waals surface area contributed by atoms with E-state index in [1.54, 1.807) is 19.2 Å². The van der Waals surface area contributed by atoms with Gasteiger partial charge >= 0.3 is 0 Å². The van der Waals surface area contributed by atoms with E-state index >= 15 is 0 Å². The van der Waals surface area contributed by atoms with E-state index in [2.05, 4.69) is 40.1 Å². The van der Waals surface area contributed by atoms with Gasteiger partial charge in [-0.1, -0.05) is 22.0 Å². The summed E-state index contributed by atoms with van der Waals surface area (Å²) >= 11 is 3.51. The van der Waals surface area contributed by atoms with Crippen LogP contribution in [0.3, 0.4) is 0 Å². The second-order valence-corrected chi connectivity index (χ2v) is 5.69. The van der Waals surface area contributed by atoms with Crippen molar-refractivity contribution in [1.82, 2.24) is 10.3 Å². The molecule has 0 aliphatic heterocycles. The molecule has 0 spiro atoms. The molecule has 1 aromatic carbocycles.